The van der Waals surface area contributed by atoms with Gasteiger partial charge in [0.25, 0.3) is 5.91 Å². The normalized spacial score (nSPS) is 15.7. The van der Waals surface area contributed by atoms with E-state index in [1.165, 1.54) is 28.8 Å². The molecule has 1 N–H and O–H groups in total. The second-order valence-corrected chi connectivity index (χ2v) is 7.65. The number of carboxylic acids is 1. The minimum atomic E-state index is -1.01. The number of thioether (sulfide) groups is 1. The Kier molecular flexibility index (Phi) is 4.51. The fraction of sp³-hybridized carbons (Fsp3) is 0. The molecule has 6 heteroatoms. The summed E-state index contributed by atoms with van der Waals surface area (Å²) in [4.78, 5) is 25.8. The van der Waals surface area contributed by atoms with E-state index in [1.807, 2.05) is 48.5 Å². The molecule has 1 aliphatic rings. The number of carboxylic acid groups (broad SMARTS) is 1. The lowest BCUT2D eigenvalue weighted by Gasteiger charge is -2.14. The lowest BCUT2D eigenvalue weighted by atomic mass is 10.1. The molecule has 132 valence electrons. The third-order valence-corrected chi connectivity index (χ3v) is 5.54. The van der Waals surface area contributed by atoms with Crippen LogP contribution >= 0.6 is 24.0 Å². The smallest absolute Gasteiger partial charge is 0.335 e. The zero-order valence-electron chi connectivity index (χ0n) is 14.0. The van der Waals surface area contributed by atoms with Gasteiger partial charge in [-0.3, -0.25) is 9.69 Å². The first-order valence-corrected chi connectivity index (χ1v) is 9.35. The van der Waals surface area contributed by atoms with E-state index in [-0.39, 0.29) is 11.5 Å². The van der Waals surface area contributed by atoms with Crippen LogP contribution in [-0.4, -0.2) is 21.3 Å². The van der Waals surface area contributed by atoms with E-state index in [0.717, 1.165) is 16.3 Å². The predicted molar refractivity (Wildman–Crippen MR) is 113 cm³/mol. The summed E-state index contributed by atoms with van der Waals surface area (Å²) in [7, 11) is 0. The standard InChI is InChI=1S/C21H13NO3S2/c23-19-18(12-13-5-6-14-3-1-2-4-16(14)11-13)27-21(26)22(19)17-9-7-15(8-10-17)20(24)25/h1-12H,(H,24,25)/b18-12-. The maximum atomic E-state index is 12.8. The molecule has 1 amide bonds. The second kappa shape index (κ2) is 6.98. The van der Waals surface area contributed by atoms with Crippen molar-refractivity contribution in [3.05, 3.63) is 82.8 Å². The number of aromatic carboxylic acids is 1. The Bertz CT molecular complexity index is 1120. The highest BCUT2D eigenvalue weighted by Crippen LogP contribution is 2.36. The average molecular weight is 391 g/mol. The number of amides is 1. The van der Waals surface area contributed by atoms with E-state index in [9.17, 15) is 9.59 Å². The van der Waals surface area contributed by atoms with Crippen LogP contribution in [0.1, 0.15) is 15.9 Å². The van der Waals surface area contributed by atoms with Gasteiger partial charge in [-0.2, -0.15) is 0 Å². The first kappa shape index (κ1) is 17.5. The van der Waals surface area contributed by atoms with E-state index in [0.29, 0.717) is 14.9 Å². The van der Waals surface area contributed by atoms with E-state index in [2.05, 4.69) is 0 Å². The van der Waals surface area contributed by atoms with Crippen LogP contribution in [0.25, 0.3) is 16.8 Å². The summed E-state index contributed by atoms with van der Waals surface area (Å²) in [5, 5.41) is 11.2. The third kappa shape index (κ3) is 3.37. The maximum absolute atomic E-state index is 12.8. The molecule has 0 aliphatic carbocycles. The molecule has 0 unspecified atom stereocenters. The van der Waals surface area contributed by atoms with Gasteiger partial charge in [-0.25, -0.2) is 4.79 Å². The van der Waals surface area contributed by atoms with E-state index in [1.54, 1.807) is 12.1 Å². The molecule has 27 heavy (non-hydrogen) atoms. The molecule has 1 heterocycles. The Balaban J connectivity index is 1.65. The van der Waals surface area contributed by atoms with Gasteiger partial charge in [-0.1, -0.05) is 60.4 Å². The van der Waals surface area contributed by atoms with Crippen molar-refractivity contribution in [2.75, 3.05) is 4.90 Å². The van der Waals surface area contributed by atoms with Gasteiger partial charge >= 0.3 is 5.97 Å². The molecule has 0 atom stereocenters. The zero-order chi connectivity index (χ0) is 19.0. The van der Waals surface area contributed by atoms with Crippen LogP contribution in [0.15, 0.2) is 71.6 Å². The molecule has 0 spiro atoms. The number of hydrogen-bond donors (Lipinski definition) is 1. The van der Waals surface area contributed by atoms with E-state index >= 15 is 0 Å². The topological polar surface area (TPSA) is 57.6 Å². The van der Waals surface area contributed by atoms with Crippen molar-refractivity contribution in [2.24, 2.45) is 0 Å². The number of fused-ring (bicyclic) bond motifs is 1. The Labute approximate surface area is 165 Å². The molecule has 1 fully saturated rings. The monoisotopic (exact) mass is 391 g/mol. The molecule has 1 saturated heterocycles. The number of hydrogen-bond acceptors (Lipinski definition) is 4. The summed E-state index contributed by atoms with van der Waals surface area (Å²) in [6.45, 7) is 0. The van der Waals surface area contributed by atoms with Gasteiger partial charge in [0.05, 0.1) is 16.2 Å². The van der Waals surface area contributed by atoms with Gasteiger partial charge in [-0.15, -0.1) is 0 Å². The van der Waals surface area contributed by atoms with Crippen LogP contribution in [0.4, 0.5) is 5.69 Å². The number of carbonyl (C=O) groups excluding carboxylic acids is 1. The summed E-state index contributed by atoms with van der Waals surface area (Å²) in [6, 6.07) is 20.2. The first-order valence-electron chi connectivity index (χ1n) is 8.13. The average Bonchev–Trinajstić information content (AvgIpc) is 2.95. The van der Waals surface area contributed by atoms with Crippen molar-refractivity contribution in [2.45, 2.75) is 0 Å². The van der Waals surface area contributed by atoms with Gasteiger partial charge in [0.15, 0.2) is 4.32 Å². The van der Waals surface area contributed by atoms with Crippen molar-refractivity contribution < 1.29 is 14.7 Å². The lowest BCUT2D eigenvalue weighted by Crippen LogP contribution is -2.27. The van der Waals surface area contributed by atoms with Gasteiger partial charge in [0.2, 0.25) is 0 Å². The summed E-state index contributed by atoms with van der Waals surface area (Å²) < 4.78 is 0.426. The third-order valence-electron chi connectivity index (χ3n) is 4.24. The van der Waals surface area contributed by atoms with Gasteiger partial charge in [0, 0.05) is 0 Å². The maximum Gasteiger partial charge on any atom is 0.335 e. The van der Waals surface area contributed by atoms with Crippen molar-refractivity contribution in [1.29, 1.82) is 0 Å². The number of benzene rings is 3. The van der Waals surface area contributed by atoms with Crippen molar-refractivity contribution in [3.8, 4) is 0 Å². The summed E-state index contributed by atoms with van der Waals surface area (Å²) >= 11 is 6.61. The number of rotatable bonds is 3. The summed E-state index contributed by atoms with van der Waals surface area (Å²) in [6.07, 6.45) is 1.83. The van der Waals surface area contributed by atoms with Gasteiger partial charge < -0.3 is 5.11 Å². The highest BCUT2D eigenvalue weighted by molar-refractivity contribution is 8.27. The van der Waals surface area contributed by atoms with E-state index < -0.39 is 5.97 Å². The highest BCUT2D eigenvalue weighted by Gasteiger charge is 2.33. The Morgan fingerprint density at radius 1 is 1.00 bits per heavy atom. The van der Waals surface area contributed by atoms with Crippen LogP contribution in [0.2, 0.25) is 0 Å². The molecule has 0 radical (unpaired) electrons. The number of anilines is 1. The fourth-order valence-corrected chi connectivity index (χ4v) is 4.19. The van der Waals surface area contributed by atoms with E-state index in [4.69, 9.17) is 17.3 Å². The minimum absolute atomic E-state index is 0.163. The van der Waals surface area contributed by atoms with Crippen LogP contribution < -0.4 is 4.90 Å². The molecule has 4 nitrogen and oxygen atoms in total. The largest absolute Gasteiger partial charge is 0.478 e. The number of thiocarbonyl (C=S) groups is 1. The lowest BCUT2D eigenvalue weighted by molar-refractivity contribution is -0.113. The SMILES string of the molecule is O=C(O)c1ccc(N2C(=O)/C(=C/c3ccc4ccccc4c3)SC2=S)cc1. The van der Waals surface area contributed by atoms with Crippen LogP contribution in [0.5, 0.6) is 0 Å². The molecule has 3 aromatic rings. The first-order chi connectivity index (χ1) is 13.0. The Morgan fingerprint density at radius 2 is 1.70 bits per heavy atom. The molecule has 0 saturated carbocycles. The summed E-state index contributed by atoms with van der Waals surface area (Å²) in [5.74, 6) is -1.22. The fourth-order valence-electron chi connectivity index (χ4n) is 2.89. The Hall–Kier alpha value is -2.96. The molecule has 0 bridgehead atoms. The number of carbonyl (C=O) groups is 2. The predicted octanol–water partition coefficient (Wildman–Crippen LogP) is 4.94. The second-order valence-electron chi connectivity index (χ2n) is 5.98. The molecular formula is C21H13NO3S2. The van der Waals surface area contributed by atoms with Crippen molar-refractivity contribution in [3.63, 3.8) is 0 Å². The molecule has 1 aliphatic heterocycles. The van der Waals surface area contributed by atoms with Crippen LogP contribution in [-0.2, 0) is 4.79 Å². The van der Waals surface area contributed by atoms with Crippen LogP contribution in [0, 0.1) is 0 Å². The molecular weight excluding hydrogens is 378 g/mol. The van der Waals surface area contributed by atoms with Crippen molar-refractivity contribution in [1.82, 2.24) is 0 Å². The Morgan fingerprint density at radius 3 is 2.41 bits per heavy atom. The molecule has 3 aromatic carbocycles. The van der Waals surface area contributed by atoms with Crippen molar-refractivity contribution >= 4 is 62.7 Å². The zero-order valence-corrected chi connectivity index (χ0v) is 15.6. The molecule has 0 aromatic heterocycles. The van der Waals surface area contributed by atoms with Gasteiger partial charge in [0.1, 0.15) is 0 Å². The quantitative estimate of drug-likeness (QED) is 0.506. The van der Waals surface area contributed by atoms with Gasteiger partial charge in [-0.05, 0) is 52.7 Å². The van der Waals surface area contributed by atoms with Crippen LogP contribution in [0.3, 0.4) is 0 Å². The molecule has 4 rings (SSSR count). The minimum Gasteiger partial charge on any atom is -0.478 e. The number of nitrogens with zero attached hydrogens (tertiary/aromatic N) is 1. The highest BCUT2D eigenvalue weighted by atomic mass is 32.2. The summed E-state index contributed by atoms with van der Waals surface area (Å²) in [5.41, 5.74) is 1.65.